The van der Waals surface area contributed by atoms with Crippen LogP contribution in [0.3, 0.4) is 0 Å². The lowest BCUT2D eigenvalue weighted by atomic mass is 9.94. The first kappa shape index (κ1) is 20.4. The number of sulfonamides is 1. The molecule has 1 aromatic carbocycles. The van der Waals surface area contributed by atoms with Gasteiger partial charge in [0.15, 0.2) is 0 Å². The molecule has 0 amide bonds. The van der Waals surface area contributed by atoms with Crippen LogP contribution < -0.4 is 14.2 Å². The van der Waals surface area contributed by atoms with E-state index in [4.69, 9.17) is 4.74 Å². The minimum Gasteiger partial charge on any atom is -0.474 e. The molecule has 0 unspecified atom stereocenters. The minimum absolute atomic E-state index is 0.0866. The molecule has 1 N–H and O–H groups in total. The number of rotatable bonds is 6. The molecule has 1 aliphatic rings. The third-order valence-electron chi connectivity index (χ3n) is 4.29. The number of pyridine rings is 1. The zero-order valence-electron chi connectivity index (χ0n) is 14.7. The molecule has 0 saturated heterocycles. The second-order valence-electron chi connectivity index (χ2n) is 6.38. The van der Waals surface area contributed by atoms with Crippen LogP contribution in [0.5, 0.6) is 11.6 Å². The highest BCUT2D eigenvalue weighted by atomic mass is 32.2. The molecule has 0 spiro atoms. The fourth-order valence-corrected chi connectivity index (χ4v) is 4.48. The molecule has 0 radical (unpaired) electrons. The molecule has 0 atom stereocenters. The summed E-state index contributed by atoms with van der Waals surface area (Å²) >= 11 is 0. The van der Waals surface area contributed by atoms with E-state index in [1.54, 1.807) is 18.3 Å². The summed E-state index contributed by atoms with van der Waals surface area (Å²) in [4.78, 5) is 3.55. The van der Waals surface area contributed by atoms with E-state index in [-0.39, 0.29) is 6.10 Å². The van der Waals surface area contributed by atoms with Gasteiger partial charge in [0.2, 0.25) is 15.9 Å². The smallest absolute Gasteiger partial charge is 0.474 e. The maximum absolute atomic E-state index is 12.6. The molecular formula is C18H19F3N2O4S. The van der Waals surface area contributed by atoms with Gasteiger partial charge in [-0.05, 0) is 43.9 Å². The highest BCUT2D eigenvalue weighted by molar-refractivity contribution is 7.89. The van der Waals surface area contributed by atoms with Crippen LogP contribution in [-0.4, -0.2) is 31.9 Å². The predicted octanol–water partition coefficient (Wildman–Crippen LogP) is 3.65. The molecule has 2 aromatic rings. The van der Waals surface area contributed by atoms with E-state index < -0.39 is 33.1 Å². The fraction of sp³-hybridized carbons (Fsp3) is 0.389. The molecule has 152 valence electrons. The highest BCUT2D eigenvalue weighted by Gasteiger charge is 2.35. The third-order valence-corrected chi connectivity index (χ3v) is 5.85. The Morgan fingerprint density at radius 1 is 1.00 bits per heavy atom. The van der Waals surface area contributed by atoms with Crippen LogP contribution >= 0.6 is 0 Å². The van der Waals surface area contributed by atoms with Crippen LogP contribution in [0.1, 0.15) is 25.7 Å². The maximum atomic E-state index is 12.6. The quantitative estimate of drug-likeness (QED) is 0.778. The van der Waals surface area contributed by atoms with Crippen molar-refractivity contribution in [1.29, 1.82) is 0 Å². The van der Waals surface area contributed by atoms with Gasteiger partial charge in [0.05, 0.1) is 0 Å². The molecule has 1 aliphatic carbocycles. The van der Waals surface area contributed by atoms with Crippen molar-refractivity contribution in [1.82, 2.24) is 9.71 Å². The van der Waals surface area contributed by atoms with Crippen LogP contribution in [0.25, 0.3) is 0 Å². The number of hydrogen-bond donors (Lipinski definition) is 1. The Hall–Kier alpha value is -2.33. The zero-order chi connectivity index (χ0) is 20.2. The van der Waals surface area contributed by atoms with Gasteiger partial charge in [-0.1, -0.05) is 18.2 Å². The van der Waals surface area contributed by atoms with Gasteiger partial charge in [-0.3, -0.25) is 0 Å². The zero-order valence-corrected chi connectivity index (χ0v) is 15.5. The molecule has 1 saturated carbocycles. The van der Waals surface area contributed by atoms with Gasteiger partial charge < -0.3 is 9.47 Å². The first-order valence-electron chi connectivity index (χ1n) is 8.68. The summed E-state index contributed by atoms with van der Waals surface area (Å²) in [5.74, 6) is -0.251. The lowest BCUT2D eigenvalue weighted by molar-refractivity contribution is -0.275. The summed E-state index contributed by atoms with van der Waals surface area (Å²) in [7, 11) is -4.17. The van der Waals surface area contributed by atoms with E-state index in [0.29, 0.717) is 31.6 Å². The minimum atomic E-state index is -4.98. The second-order valence-corrected chi connectivity index (χ2v) is 8.06. The first-order chi connectivity index (χ1) is 13.2. The Kier molecular flexibility index (Phi) is 6.09. The summed E-state index contributed by atoms with van der Waals surface area (Å²) in [5, 5.41) is 0. The van der Waals surface area contributed by atoms with Gasteiger partial charge in [0.25, 0.3) is 0 Å². The molecular weight excluding hydrogens is 397 g/mol. The normalized spacial score (nSPS) is 20.5. The van der Waals surface area contributed by atoms with E-state index in [1.165, 1.54) is 12.1 Å². The third kappa shape index (κ3) is 5.59. The topological polar surface area (TPSA) is 77.5 Å². The Balaban J connectivity index is 1.62. The molecule has 28 heavy (non-hydrogen) atoms. The number of aromatic nitrogens is 1. The standard InChI is InChI=1S/C18H19F3N2O4S/c19-18(20,21)27-15-5-1-2-6-16(15)28(24,25)23-13-8-10-14(11-9-13)26-17-7-3-4-12-22-17/h1-7,12-14,23H,8-11H2. The van der Waals surface area contributed by atoms with Crippen molar-refractivity contribution >= 4 is 10.0 Å². The van der Waals surface area contributed by atoms with E-state index in [0.717, 1.165) is 12.1 Å². The van der Waals surface area contributed by atoms with Crippen LogP contribution in [0.2, 0.25) is 0 Å². The number of halogens is 3. The number of hydrogen-bond acceptors (Lipinski definition) is 5. The van der Waals surface area contributed by atoms with Crippen molar-refractivity contribution in [2.75, 3.05) is 0 Å². The molecule has 1 heterocycles. The Morgan fingerprint density at radius 3 is 2.32 bits per heavy atom. The van der Waals surface area contributed by atoms with Crippen molar-refractivity contribution in [3.05, 3.63) is 48.7 Å². The summed E-state index contributed by atoms with van der Waals surface area (Å²) in [5.41, 5.74) is 0. The molecule has 6 nitrogen and oxygen atoms in total. The van der Waals surface area contributed by atoms with E-state index in [2.05, 4.69) is 14.4 Å². The Bertz CT molecular complexity index is 883. The summed E-state index contributed by atoms with van der Waals surface area (Å²) in [6.07, 6.45) is -1.24. The maximum Gasteiger partial charge on any atom is 0.573 e. The number of alkyl halides is 3. The predicted molar refractivity (Wildman–Crippen MR) is 94.4 cm³/mol. The number of nitrogens with zero attached hydrogens (tertiary/aromatic N) is 1. The number of ether oxygens (including phenoxy) is 2. The van der Waals surface area contributed by atoms with Crippen LogP contribution in [-0.2, 0) is 10.0 Å². The second kappa shape index (κ2) is 8.36. The van der Waals surface area contributed by atoms with Crippen molar-refractivity contribution < 1.29 is 31.1 Å². The number of benzene rings is 1. The van der Waals surface area contributed by atoms with Crippen LogP contribution in [0.15, 0.2) is 53.6 Å². The van der Waals surface area contributed by atoms with Crippen molar-refractivity contribution in [3.8, 4) is 11.6 Å². The van der Waals surface area contributed by atoms with Crippen molar-refractivity contribution in [2.24, 2.45) is 0 Å². The monoisotopic (exact) mass is 416 g/mol. The lowest BCUT2D eigenvalue weighted by Crippen LogP contribution is -2.40. The van der Waals surface area contributed by atoms with Crippen molar-refractivity contribution in [2.45, 2.75) is 49.1 Å². The van der Waals surface area contributed by atoms with E-state index >= 15 is 0 Å². The van der Waals surface area contributed by atoms with Crippen LogP contribution in [0, 0.1) is 0 Å². The average molecular weight is 416 g/mol. The molecule has 1 fully saturated rings. The molecule has 10 heteroatoms. The molecule has 0 bridgehead atoms. The van der Waals surface area contributed by atoms with Crippen molar-refractivity contribution in [3.63, 3.8) is 0 Å². The Morgan fingerprint density at radius 2 is 1.68 bits per heavy atom. The van der Waals surface area contributed by atoms with Crippen LogP contribution in [0.4, 0.5) is 13.2 Å². The average Bonchev–Trinajstić information content (AvgIpc) is 2.63. The lowest BCUT2D eigenvalue weighted by Gasteiger charge is -2.29. The van der Waals surface area contributed by atoms with E-state index in [1.807, 2.05) is 6.07 Å². The van der Waals surface area contributed by atoms with Gasteiger partial charge in [0, 0.05) is 18.3 Å². The summed E-state index contributed by atoms with van der Waals surface area (Å²) in [6, 6.07) is 9.61. The van der Waals surface area contributed by atoms with Gasteiger partial charge in [-0.2, -0.15) is 0 Å². The van der Waals surface area contributed by atoms with Gasteiger partial charge in [0.1, 0.15) is 16.7 Å². The molecule has 0 aliphatic heterocycles. The highest BCUT2D eigenvalue weighted by Crippen LogP contribution is 2.30. The Labute approximate surface area is 160 Å². The number of nitrogens with one attached hydrogen (secondary N) is 1. The summed E-state index contributed by atoms with van der Waals surface area (Å²) in [6.45, 7) is 0. The SMILES string of the molecule is O=S(=O)(NC1CCC(Oc2ccccn2)CC1)c1ccccc1OC(F)(F)F. The molecule has 3 rings (SSSR count). The largest absolute Gasteiger partial charge is 0.573 e. The molecule has 1 aromatic heterocycles. The summed E-state index contributed by atoms with van der Waals surface area (Å²) < 4.78 is 74.8. The van der Waals surface area contributed by atoms with E-state index in [9.17, 15) is 21.6 Å². The van der Waals surface area contributed by atoms with Gasteiger partial charge in [-0.25, -0.2) is 18.1 Å². The van der Waals surface area contributed by atoms with Gasteiger partial charge in [-0.15, -0.1) is 13.2 Å². The first-order valence-corrected chi connectivity index (χ1v) is 10.2. The number of para-hydroxylation sites is 1. The fourth-order valence-electron chi connectivity index (χ4n) is 3.05. The van der Waals surface area contributed by atoms with Gasteiger partial charge >= 0.3 is 6.36 Å².